The molecule has 0 bridgehead atoms. The highest BCUT2D eigenvalue weighted by atomic mass is 16.5. The number of morpholine rings is 1. The second-order valence-electron chi connectivity index (χ2n) is 6.48. The van der Waals surface area contributed by atoms with Gasteiger partial charge < -0.3 is 24.8 Å². The summed E-state index contributed by atoms with van der Waals surface area (Å²) >= 11 is 0. The molecule has 1 fully saturated rings. The molecule has 27 heavy (non-hydrogen) atoms. The van der Waals surface area contributed by atoms with Gasteiger partial charge in [-0.1, -0.05) is 0 Å². The van der Waals surface area contributed by atoms with Gasteiger partial charge in [0.1, 0.15) is 12.4 Å². The minimum Gasteiger partial charge on any atom is -0.475 e. The van der Waals surface area contributed by atoms with Gasteiger partial charge in [0.25, 0.3) is 5.91 Å². The van der Waals surface area contributed by atoms with Crippen LogP contribution in [0.3, 0.4) is 0 Å². The summed E-state index contributed by atoms with van der Waals surface area (Å²) in [6, 6.07) is 6.93. The largest absolute Gasteiger partial charge is 0.475 e. The van der Waals surface area contributed by atoms with Crippen molar-refractivity contribution < 1.29 is 19.4 Å². The maximum Gasteiger partial charge on any atom is 0.257 e. The summed E-state index contributed by atoms with van der Waals surface area (Å²) < 4.78 is 10.9. The second-order valence-corrected chi connectivity index (χ2v) is 6.48. The molecule has 144 valence electrons. The lowest BCUT2D eigenvalue weighted by Gasteiger charge is -2.36. The first-order chi connectivity index (χ1) is 13.0. The summed E-state index contributed by atoms with van der Waals surface area (Å²) in [5, 5.41) is 11.5. The molecule has 2 aromatic heterocycles. The lowest BCUT2D eigenvalue weighted by Crippen LogP contribution is -2.45. The summed E-state index contributed by atoms with van der Waals surface area (Å²) in [5.41, 5.74) is 1.02. The molecule has 8 nitrogen and oxygen atoms in total. The van der Waals surface area contributed by atoms with Crippen LogP contribution in [0.1, 0.15) is 24.2 Å². The Morgan fingerprint density at radius 1 is 1.22 bits per heavy atom. The normalized spacial score (nSPS) is 19.6. The zero-order valence-electron chi connectivity index (χ0n) is 15.5. The van der Waals surface area contributed by atoms with Gasteiger partial charge in [-0.15, -0.1) is 0 Å². The molecular formula is C19H24N4O4. The van der Waals surface area contributed by atoms with E-state index in [1.165, 1.54) is 6.20 Å². The highest BCUT2D eigenvalue weighted by Gasteiger charge is 2.23. The van der Waals surface area contributed by atoms with E-state index < -0.39 is 0 Å². The Morgan fingerprint density at radius 2 is 2.00 bits per heavy atom. The SMILES string of the molecule is CC1CN(c2ccc(C(=O)Nc3ccc(OCCO)nc3)cn2)CC(C)O1. The van der Waals surface area contributed by atoms with E-state index in [9.17, 15) is 4.79 Å². The van der Waals surface area contributed by atoms with Crippen molar-refractivity contribution in [2.24, 2.45) is 0 Å². The van der Waals surface area contributed by atoms with Crippen LogP contribution in [-0.4, -0.2) is 59.5 Å². The molecule has 0 aromatic carbocycles. The number of carbonyl (C=O) groups is 1. The van der Waals surface area contributed by atoms with Crippen LogP contribution in [0, 0.1) is 0 Å². The number of nitrogens with one attached hydrogen (secondary N) is 1. The van der Waals surface area contributed by atoms with Gasteiger partial charge in [-0.2, -0.15) is 0 Å². The fourth-order valence-electron chi connectivity index (χ4n) is 2.97. The van der Waals surface area contributed by atoms with Crippen molar-refractivity contribution >= 4 is 17.4 Å². The Kier molecular flexibility index (Phi) is 6.20. The molecule has 3 heterocycles. The summed E-state index contributed by atoms with van der Waals surface area (Å²) in [5.74, 6) is 0.964. The summed E-state index contributed by atoms with van der Waals surface area (Å²) in [7, 11) is 0. The molecule has 0 radical (unpaired) electrons. The molecule has 0 saturated carbocycles. The summed E-state index contributed by atoms with van der Waals surface area (Å²) in [4.78, 5) is 23.1. The van der Waals surface area contributed by atoms with Gasteiger partial charge in [-0.05, 0) is 32.0 Å². The number of amides is 1. The number of hydrogen-bond donors (Lipinski definition) is 2. The number of rotatable bonds is 6. The standard InChI is InChI=1S/C19H24N4O4/c1-13-11-23(12-14(2)27-13)17-5-3-15(9-20-17)19(25)22-16-4-6-18(21-10-16)26-8-7-24/h3-6,9-10,13-14,24H,7-8,11-12H2,1-2H3,(H,22,25). The molecule has 0 spiro atoms. The number of aliphatic hydroxyl groups excluding tert-OH is 1. The van der Waals surface area contributed by atoms with E-state index in [1.54, 1.807) is 24.4 Å². The molecule has 8 heteroatoms. The average Bonchev–Trinajstić information content (AvgIpc) is 2.67. The lowest BCUT2D eigenvalue weighted by molar-refractivity contribution is -0.00546. The summed E-state index contributed by atoms with van der Waals surface area (Å²) in [6.07, 6.45) is 3.37. The van der Waals surface area contributed by atoms with Crippen LogP contribution in [-0.2, 0) is 4.74 Å². The minimum atomic E-state index is -0.261. The predicted octanol–water partition coefficient (Wildman–Crippen LogP) is 1.71. The van der Waals surface area contributed by atoms with E-state index in [1.807, 2.05) is 19.9 Å². The number of anilines is 2. The number of nitrogens with zero attached hydrogens (tertiary/aromatic N) is 3. The third-order valence-corrected chi connectivity index (χ3v) is 4.09. The number of carbonyl (C=O) groups excluding carboxylic acids is 1. The third kappa shape index (κ3) is 5.15. The van der Waals surface area contributed by atoms with Crippen LogP contribution < -0.4 is 15.0 Å². The Balaban J connectivity index is 1.60. The van der Waals surface area contributed by atoms with Gasteiger partial charge >= 0.3 is 0 Å². The number of pyridine rings is 2. The molecular weight excluding hydrogens is 348 g/mol. The Morgan fingerprint density at radius 3 is 2.59 bits per heavy atom. The zero-order chi connectivity index (χ0) is 19.2. The van der Waals surface area contributed by atoms with Gasteiger partial charge in [0.05, 0.1) is 36.3 Å². The highest BCUT2D eigenvalue weighted by Crippen LogP contribution is 2.19. The molecule has 1 aliphatic rings. The Labute approximate surface area is 158 Å². The minimum absolute atomic E-state index is 0.0779. The van der Waals surface area contributed by atoms with E-state index >= 15 is 0 Å². The number of aromatic nitrogens is 2. The fourth-order valence-corrected chi connectivity index (χ4v) is 2.97. The third-order valence-electron chi connectivity index (χ3n) is 4.09. The smallest absolute Gasteiger partial charge is 0.257 e. The quantitative estimate of drug-likeness (QED) is 0.797. The van der Waals surface area contributed by atoms with Crippen LogP contribution >= 0.6 is 0 Å². The van der Waals surface area contributed by atoms with E-state index in [2.05, 4.69) is 20.2 Å². The molecule has 2 unspecified atom stereocenters. The van der Waals surface area contributed by atoms with Gasteiger partial charge in [0, 0.05) is 25.4 Å². The van der Waals surface area contributed by atoms with Crippen molar-refractivity contribution in [3.63, 3.8) is 0 Å². The van der Waals surface area contributed by atoms with E-state index in [0.717, 1.165) is 18.9 Å². The first-order valence-electron chi connectivity index (χ1n) is 8.92. The van der Waals surface area contributed by atoms with Crippen LogP contribution in [0.25, 0.3) is 0 Å². The van der Waals surface area contributed by atoms with Crippen LogP contribution in [0.2, 0.25) is 0 Å². The molecule has 2 atom stereocenters. The first kappa shape index (κ1) is 19.1. The molecule has 2 N–H and O–H groups in total. The molecule has 1 saturated heterocycles. The second kappa shape index (κ2) is 8.79. The Bertz CT molecular complexity index is 741. The average molecular weight is 372 g/mol. The molecule has 0 aliphatic carbocycles. The molecule has 3 rings (SSSR count). The maximum absolute atomic E-state index is 12.4. The van der Waals surface area contributed by atoms with E-state index in [4.69, 9.17) is 14.6 Å². The summed E-state index contributed by atoms with van der Waals surface area (Å²) in [6.45, 7) is 5.73. The van der Waals surface area contributed by atoms with Gasteiger partial charge in [0.15, 0.2) is 0 Å². The van der Waals surface area contributed by atoms with Gasteiger partial charge in [-0.25, -0.2) is 9.97 Å². The predicted molar refractivity (Wildman–Crippen MR) is 101 cm³/mol. The van der Waals surface area contributed by atoms with Crippen LogP contribution in [0.5, 0.6) is 5.88 Å². The van der Waals surface area contributed by atoms with Crippen LogP contribution in [0.4, 0.5) is 11.5 Å². The number of ether oxygens (including phenoxy) is 2. The highest BCUT2D eigenvalue weighted by molar-refractivity contribution is 6.04. The number of hydrogen-bond acceptors (Lipinski definition) is 7. The number of aliphatic hydroxyl groups is 1. The Hall–Kier alpha value is -2.71. The van der Waals surface area contributed by atoms with Crippen molar-refractivity contribution in [1.29, 1.82) is 0 Å². The zero-order valence-corrected chi connectivity index (χ0v) is 15.5. The van der Waals surface area contributed by atoms with Crippen molar-refractivity contribution in [3.8, 4) is 5.88 Å². The molecule has 2 aromatic rings. The van der Waals surface area contributed by atoms with Crippen molar-refractivity contribution in [2.45, 2.75) is 26.1 Å². The van der Waals surface area contributed by atoms with Gasteiger partial charge in [0.2, 0.25) is 5.88 Å². The molecule has 1 amide bonds. The van der Waals surface area contributed by atoms with E-state index in [0.29, 0.717) is 17.1 Å². The fraction of sp³-hybridized carbons (Fsp3) is 0.421. The monoisotopic (exact) mass is 372 g/mol. The van der Waals surface area contributed by atoms with Crippen LogP contribution in [0.15, 0.2) is 36.7 Å². The molecule has 1 aliphatic heterocycles. The van der Waals surface area contributed by atoms with E-state index in [-0.39, 0.29) is 31.3 Å². The topological polar surface area (TPSA) is 96.8 Å². The maximum atomic E-state index is 12.4. The lowest BCUT2D eigenvalue weighted by atomic mass is 10.2. The first-order valence-corrected chi connectivity index (χ1v) is 8.92. The van der Waals surface area contributed by atoms with Crippen molar-refractivity contribution in [2.75, 3.05) is 36.5 Å². The van der Waals surface area contributed by atoms with Crippen molar-refractivity contribution in [1.82, 2.24) is 9.97 Å². The van der Waals surface area contributed by atoms with Gasteiger partial charge in [-0.3, -0.25) is 4.79 Å². The van der Waals surface area contributed by atoms with Crippen molar-refractivity contribution in [3.05, 3.63) is 42.2 Å².